The van der Waals surface area contributed by atoms with Gasteiger partial charge in [0.15, 0.2) is 0 Å². The van der Waals surface area contributed by atoms with Crippen LogP contribution in [0.15, 0.2) is 0 Å². The van der Waals surface area contributed by atoms with E-state index in [1.807, 2.05) is 0 Å². The minimum Gasteiger partial charge on any atom is -0.379 e. The monoisotopic (exact) mass is 270 g/mol. The minimum atomic E-state index is 0.331. The summed E-state index contributed by atoms with van der Waals surface area (Å²) in [6.07, 6.45) is 5.00. The molecule has 0 radical (unpaired) electrons. The van der Waals surface area contributed by atoms with Crippen LogP contribution in [0.3, 0.4) is 0 Å². The van der Waals surface area contributed by atoms with E-state index in [4.69, 9.17) is 4.74 Å². The van der Waals surface area contributed by atoms with Crippen LogP contribution in [0.25, 0.3) is 0 Å². The third-order valence-corrected chi connectivity index (χ3v) is 3.60. The van der Waals surface area contributed by atoms with Gasteiger partial charge in [-0.3, -0.25) is 9.69 Å². The van der Waals surface area contributed by atoms with Crippen molar-refractivity contribution >= 4 is 5.91 Å². The zero-order valence-electron chi connectivity index (χ0n) is 12.7. The molecule has 0 atom stereocenters. The maximum Gasteiger partial charge on any atom is 0.222 e. The van der Waals surface area contributed by atoms with Gasteiger partial charge in [-0.25, -0.2) is 0 Å². The molecule has 0 saturated carbocycles. The summed E-state index contributed by atoms with van der Waals surface area (Å²) in [5.74, 6) is 0.331. The fraction of sp³-hybridized carbons (Fsp3) is 0.933. The lowest BCUT2D eigenvalue weighted by atomic mass is 10.2. The van der Waals surface area contributed by atoms with E-state index < -0.39 is 0 Å². The van der Waals surface area contributed by atoms with Gasteiger partial charge in [-0.05, 0) is 19.3 Å². The summed E-state index contributed by atoms with van der Waals surface area (Å²) in [4.78, 5) is 16.5. The van der Waals surface area contributed by atoms with Crippen molar-refractivity contribution in [1.82, 2.24) is 9.80 Å². The molecule has 0 unspecified atom stereocenters. The van der Waals surface area contributed by atoms with Gasteiger partial charge in [0, 0.05) is 39.1 Å². The first-order valence-corrected chi connectivity index (χ1v) is 7.85. The van der Waals surface area contributed by atoms with E-state index in [1.54, 1.807) is 0 Å². The minimum absolute atomic E-state index is 0.331. The summed E-state index contributed by atoms with van der Waals surface area (Å²) in [6, 6.07) is 0. The molecule has 19 heavy (non-hydrogen) atoms. The molecule has 1 heterocycles. The first-order valence-electron chi connectivity index (χ1n) is 7.85. The molecule has 0 aromatic heterocycles. The van der Waals surface area contributed by atoms with Crippen LogP contribution >= 0.6 is 0 Å². The van der Waals surface area contributed by atoms with Gasteiger partial charge in [-0.15, -0.1) is 0 Å². The number of hydrogen-bond donors (Lipinski definition) is 0. The summed E-state index contributed by atoms with van der Waals surface area (Å²) in [6.45, 7) is 11.0. The van der Waals surface area contributed by atoms with Gasteiger partial charge >= 0.3 is 0 Å². The van der Waals surface area contributed by atoms with E-state index >= 15 is 0 Å². The first-order chi connectivity index (χ1) is 9.27. The molecule has 0 aromatic carbocycles. The molecular weight excluding hydrogens is 240 g/mol. The molecule has 4 nitrogen and oxygen atoms in total. The van der Waals surface area contributed by atoms with Gasteiger partial charge < -0.3 is 9.64 Å². The zero-order chi connectivity index (χ0) is 13.9. The van der Waals surface area contributed by atoms with Crippen molar-refractivity contribution in [3.05, 3.63) is 0 Å². The smallest absolute Gasteiger partial charge is 0.222 e. The van der Waals surface area contributed by atoms with Gasteiger partial charge in [0.25, 0.3) is 0 Å². The fourth-order valence-electron chi connectivity index (χ4n) is 2.39. The number of nitrogens with zero attached hydrogens (tertiary/aromatic N) is 2. The molecule has 112 valence electrons. The summed E-state index contributed by atoms with van der Waals surface area (Å²) in [5, 5.41) is 0. The number of carbonyl (C=O) groups excluding carboxylic acids is 1. The Morgan fingerprint density at radius 3 is 2.42 bits per heavy atom. The number of unbranched alkanes of at least 4 members (excludes halogenated alkanes) is 1. The first kappa shape index (κ1) is 16.4. The van der Waals surface area contributed by atoms with Gasteiger partial charge in [-0.1, -0.05) is 20.3 Å². The predicted molar refractivity (Wildman–Crippen MR) is 78.3 cm³/mol. The Bertz CT molecular complexity index is 240. The van der Waals surface area contributed by atoms with Crippen molar-refractivity contribution in [3.8, 4) is 0 Å². The van der Waals surface area contributed by atoms with Crippen LogP contribution in [-0.4, -0.2) is 61.6 Å². The number of rotatable bonds is 9. The van der Waals surface area contributed by atoms with Crippen LogP contribution in [0.5, 0.6) is 0 Å². The molecule has 1 aliphatic heterocycles. The van der Waals surface area contributed by atoms with Crippen molar-refractivity contribution in [2.45, 2.75) is 46.0 Å². The largest absolute Gasteiger partial charge is 0.379 e. The van der Waals surface area contributed by atoms with E-state index in [2.05, 4.69) is 23.6 Å². The summed E-state index contributed by atoms with van der Waals surface area (Å²) in [5.41, 5.74) is 0. The lowest BCUT2D eigenvalue weighted by Gasteiger charge is -2.28. The standard InChI is InChI=1S/C15H30N2O2/c1-3-5-9-17(15(18)7-4-2)10-6-8-16-11-13-19-14-12-16/h3-14H2,1-2H3. The van der Waals surface area contributed by atoms with E-state index in [0.717, 1.165) is 71.6 Å². The number of carbonyl (C=O) groups is 1. The summed E-state index contributed by atoms with van der Waals surface area (Å²) < 4.78 is 5.34. The topological polar surface area (TPSA) is 32.8 Å². The second kappa shape index (κ2) is 10.2. The number of amides is 1. The number of morpholine rings is 1. The highest BCUT2D eigenvalue weighted by molar-refractivity contribution is 5.76. The molecule has 4 heteroatoms. The van der Waals surface area contributed by atoms with E-state index in [9.17, 15) is 4.79 Å². The molecule has 1 aliphatic rings. The van der Waals surface area contributed by atoms with Gasteiger partial charge in [0.2, 0.25) is 5.91 Å². The van der Waals surface area contributed by atoms with Crippen molar-refractivity contribution < 1.29 is 9.53 Å². The molecule has 0 bridgehead atoms. The Hall–Kier alpha value is -0.610. The number of hydrogen-bond acceptors (Lipinski definition) is 3. The van der Waals surface area contributed by atoms with Crippen molar-refractivity contribution in [1.29, 1.82) is 0 Å². The number of ether oxygens (including phenoxy) is 1. The van der Waals surface area contributed by atoms with Crippen molar-refractivity contribution in [2.75, 3.05) is 45.9 Å². The molecule has 0 aromatic rings. The Kier molecular flexibility index (Phi) is 8.84. The summed E-state index contributed by atoms with van der Waals surface area (Å²) in [7, 11) is 0. The van der Waals surface area contributed by atoms with Crippen LogP contribution in [0, 0.1) is 0 Å². The average molecular weight is 270 g/mol. The predicted octanol–water partition coefficient (Wildman–Crippen LogP) is 2.14. The molecule has 1 fully saturated rings. The molecule has 1 saturated heterocycles. The van der Waals surface area contributed by atoms with Crippen LogP contribution in [0.4, 0.5) is 0 Å². The van der Waals surface area contributed by atoms with Crippen molar-refractivity contribution in [2.24, 2.45) is 0 Å². The van der Waals surface area contributed by atoms with Crippen LogP contribution in [-0.2, 0) is 9.53 Å². The van der Waals surface area contributed by atoms with Crippen LogP contribution < -0.4 is 0 Å². The van der Waals surface area contributed by atoms with Gasteiger partial charge in [0.05, 0.1) is 13.2 Å². The maximum atomic E-state index is 12.0. The maximum absolute atomic E-state index is 12.0. The zero-order valence-corrected chi connectivity index (χ0v) is 12.7. The van der Waals surface area contributed by atoms with E-state index in [-0.39, 0.29) is 0 Å². The second-order valence-corrected chi connectivity index (χ2v) is 5.29. The lowest BCUT2D eigenvalue weighted by Crippen LogP contribution is -2.39. The normalized spacial score (nSPS) is 16.5. The Morgan fingerprint density at radius 2 is 1.79 bits per heavy atom. The third kappa shape index (κ3) is 6.92. The molecule has 1 amide bonds. The van der Waals surface area contributed by atoms with Gasteiger partial charge in [0.1, 0.15) is 0 Å². The molecule has 1 rings (SSSR count). The highest BCUT2D eigenvalue weighted by Crippen LogP contribution is 2.04. The van der Waals surface area contributed by atoms with E-state index in [1.165, 1.54) is 0 Å². The molecule has 0 spiro atoms. The Labute approximate surface area is 118 Å². The Morgan fingerprint density at radius 1 is 1.11 bits per heavy atom. The van der Waals surface area contributed by atoms with Crippen molar-refractivity contribution in [3.63, 3.8) is 0 Å². The lowest BCUT2D eigenvalue weighted by molar-refractivity contribution is -0.131. The molecule has 0 aliphatic carbocycles. The van der Waals surface area contributed by atoms with Gasteiger partial charge in [-0.2, -0.15) is 0 Å². The van der Waals surface area contributed by atoms with Crippen LogP contribution in [0.2, 0.25) is 0 Å². The second-order valence-electron chi connectivity index (χ2n) is 5.29. The molecule has 0 N–H and O–H groups in total. The average Bonchev–Trinajstić information content (AvgIpc) is 2.44. The summed E-state index contributed by atoms with van der Waals surface area (Å²) >= 11 is 0. The molecular formula is C15H30N2O2. The van der Waals surface area contributed by atoms with E-state index in [0.29, 0.717) is 12.3 Å². The SMILES string of the molecule is CCCCN(CCCN1CCOCC1)C(=O)CCC. The highest BCUT2D eigenvalue weighted by atomic mass is 16.5. The quantitative estimate of drug-likeness (QED) is 0.643. The van der Waals surface area contributed by atoms with Crippen LogP contribution in [0.1, 0.15) is 46.0 Å². The highest BCUT2D eigenvalue weighted by Gasteiger charge is 2.14. The Balaban J connectivity index is 2.24. The third-order valence-electron chi connectivity index (χ3n) is 3.60. The fourth-order valence-corrected chi connectivity index (χ4v) is 2.39.